The van der Waals surface area contributed by atoms with Crippen LogP contribution in [0.15, 0.2) is 23.6 Å². The maximum absolute atomic E-state index is 12.3. The van der Waals surface area contributed by atoms with Crippen molar-refractivity contribution in [2.24, 2.45) is 5.73 Å². The Hall–Kier alpha value is -1.96. The van der Waals surface area contributed by atoms with Crippen molar-refractivity contribution in [3.8, 4) is 0 Å². The number of rotatable bonds is 6. The summed E-state index contributed by atoms with van der Waals surface area (Å²) in [5, 5.41) is 5.40. The lowest BCUT2D eigenvalue weighted by molar-refractivity contribution is -0.116. The van der Waals surface area contributed by atoms with Crippen molar-refractivity contribution in [2.75, 3.05) is 25.5 Å². The van der Waals surface area contributed by atoms with E-state index >= 15 is 0 Å². The van der Waals surface area contributed by atoms with Gasteiger partial charge >= 0.3 is 0 Å². The van der Waals surface area contributed by atoms with Gasteiger partial charge in [-0.1, -0.05) is 18.2 Å². The smallest absolute Gasteiger partial charge is 0.273 e. The van der Waals surface area contributed by atoms with E-state index in [1.807, 2.05) is 32.0 Å². The number of anilines is 1. The highest BCUT2D eigenvalue weighted by molar-refractivity contribution is 7.09. The Morgan fingerprint density at radius 2 is 1.92 bits per heavy atom. The van der Waals surface area contributed by atoms with E-state index in [-0.39, 0.29) is 30.8 Å². The normalized spacial score (nSPS) is 10.1. The number of nitrogens with two attached hydrogens (primary N) is 1. The third-order valence-electron chi connectivity index (χ3n) is 3.60. The molecular weight excluding hydrogens is 360 g/mol. The van der Waals surface area contributed by atoms with E-state index in [0.29, 0.717) is 18.7 Å². The summed E-state index contributed by atoms with van der Waals surface area (Å²) in [7, 11) is 1.59. The second-order valence-electron chi connectivity index (χ2n) is 5.64. The molecule has 0 saturated carbocycles. The van der Waals surface area contributed by atoms with Crippen LogP contribution in [0.25, 0.3) is 0 Å². The highest BCUT2D eigenvalue weighted by Crippen LogP contribution is 2.19. The summed E-state index contributed by atoms with van der Waals surface area (Å²) < 4.78 is 0. The first-order chi connectivity index (χ1) is 11.4. The molecule has 2 amide bonds. The fraction of sp³-hybridized carbons (Fsp3) is 0.353. The number of amides is 2. The lowest BCUT2D eigenvalue weighted by atomic mass is 10.1. The second kappa shape index (κ2) is 9.50. The van der Waals surface area contributed by atoms with Crippen LogP contribution >= 0.6 is 23.7 Å². The molecule has 0 unspecified atom stereocenters. The second-order valence-corrected chi connectivity index (χ2v) is 6.58. The third kappa shape index (κ3) is 5.52. The number of aromatic nitrogens is 1. The first-order valence-corrected chi connectivity index (χ1v) is 8.56. The van der Waals surface area contributed by atoms with Crippen LogP contribution in [0.3, 0.4) is 0 Å². The van der Waals surface area contributed by atoms with Gasteiger partial charge in [-0.25, -0.2) is 4.98 Å². The van der Waals surface area contributed by atoms with Gasteiger partial charge in [-0.3, -0.25) is 9.59 Å². The lowest BCUT2D eigenvalue weighted by Crippen LogP contribution is -2.35. The number of likely N-dealkylation sites (N-methyl/N-ethyl adjacent to an activating group) is 1. The van der Waals surface area contributed by atoms with Gasteiger partial charge in [0, 0.05) is 24.5 Å². The van der Waals surface area contributed by atoms with Crippen molar-refractivity contribution in [1.82, 2.24) is 9.88 Å². The van der Waals surface area contributed by atoms with Gasteiger partial charge in [0.15, 0.2) is 0 Å². The molecule has 0 aliphatic heterocycles. The Labute approximate surface area is 157 Å². The molecular formula is C17H23ClN4O2S. The van der Waals surface area contributed by atoms with Crippen LogP contribution in [-0.4, -0.2) is 41.8 Å². The van der Waals surface area contributed by atoms with Crippen LogP contribution in [-0.2, 0) is 11.2 Å². The number of thiazole rings is 1. The summed E-state index contributed by atoms with van der Waals surface area (Å²) in [6, 6.07) is 5.81. The van der Waals surface area contributed by atoms with E-state index in [1.54, 1.807) is 12.4 Å². The Bertz CT molecular complexity index is 728. The summed E-state index contributed by atoms with van der Waals surface area (Å²) in [5.74, 6) is -0.508. The zero-order valence-electron chi connectivity index (χ0n) is 14.5. The number of benzene rings is 1. The molecule has 1 heterocycles. The number of para-hydroxylation sites is 1. The molecule has 0 fully saturated rings. The van der Waals surface area contributed by atoms with Crippen molar-refractivity contribution in [3.05, 3.63) is 45.4 Å². The zero-order chi connectivity index (χ0) is 17.7. The first kappa shape index (κ1) is 21.1. The molecule has 2 rings (SSSR count). The van der Waals surface area contributed by atoms with Gasteiger partial charge in [-0.2, -0.15) is 0 Å². The van der Waals surface area contributed by atoms with Crippen LogP contribution in [0.2, 0.25) is 0 Å². The molecule has 0 aliphatic carbocycles. The summed E-state index contributed by atoms with van der Waals surface area (Å²) in [6.45, 7) is 4.34. The number of aryl methyl sites for hydroxylation is 2. The van der Waals surface area contributed by atoms with Crippen molar-refractivity contribution in [2.45, 2.75) is 20.3 Å². The third-order valence-corrected chi connectivity index (χ3v) is 4.51. The van der Waals surface area contributed by atoms with Crippen LogP contribution in [0.1, 0.15) is 26.6 Å². The zero-order valence-corrected chi connectivity index (χ0v) is 16.2. The van der Waals surface area contributed by atoms with Gasteiger partial charge in [0.2, 0.25) is 5.91 Å². The SMILES string of the molecule is Cc1cccc(C)c1NC(=O)CN(C)C(=O)c1csc(CCN)n1.Cl. The average molecular weight is 383 g/mol. The molecule has 1 aromatic heterocycles. The summed E-state index contributed by atoms with van der Waals surface area (Å²) in [4.78, 5) is 30.2. The van der Waals surface area contributed by atoms with E-state index < -0.39 is 0 Å². The average Bonchev–Trinajstić information content (AvgIpc) is 2.99. The number of hydrogen-bond donors (Lipinski definition) is 2. The molecule has 0 saturated heterocycles. The minimum atomic E-state index is -0.272. The van der Waals surface area contributed by atoms with E-state index in [4.69, 9.17) is 5.73 Å². The topological polar surface area (TPSA) is 88.3 Å². The molecule has 0 aliphatic rings. The molecule has 25 heavy (non-hydrogen) atoms. The van der Waals surface area contributed by atoms with Crippen LogP contribution in [0.5, 0.6) is 0 Å². The summed E-state index contributed by atoms with van der Waals surface area (Å²) in [6.07, 6.45) is 0.648. The van der Waals surface area contributed by atoms with Crippen molar-refractivity contribution in [1.29, 1.82) is 0 Å². The van der Waals surface area contributed by atoms with E-state index in [0.717, 1.165) is 21.8 Å². The predicted octanol–water partition coefficient (Wildman–Crippen LogP) is 2.39. The molecule has 6 nitrogen and oxygen atoms in total. The Morgan fingerprint density at radius 3 is 2.52 bits per heavy atom. The highest BCUT2D eigenvalue weighted by atomic mass is 35.5. The van der Waals surface area contributed by atoms with Gasteiger partial charge in [0.1, 0.15) is 5.69 Å². The first-order valence-electron chi connectivity index (χ1n) is 7.68. The van der Waals surface area contributed by atoms with Gasteiger partial charge in [-0.15, -0.1) is 23.7 Å². The molecule has 1 aromatic carbocycles. The Kier molecular flexibility index (Phi) is 8.02. The quantitative estimate of drug-likeness (QED) is 0.802. The largest absolute Gasteiger partial charge is 0.331 e. The number of carbonyl (C=O) groups is 2. The fourth-order valence-electron chi connectivity index (χ4n) is 2.32. The maximum atomic E-state index is 12.3. The molecule has 8 heteroatoms. The van der Waals surface area contributed by atoms with Gasteiger partial charge < -0.3 is 16.0 Å². The molecule has 3 N–H and O–H groups in total. The Balaban J connectivity index is 0.00000312. The molecule has 2 aromatic rings. The Morgan fingerprint density at radius 1 is 1.28 bits per heavy atom. The summed E-state index contributed by atoms with van der Waals surface area (Å²) >= 11 is 1.41. The molecule has 0 bridgehead atoms. The highest BCUT2D eigenvalue weighted by Gasteiger charge is 2.18. The predicted molar refractivity (Wildman–Crippen MR) is 104 cm³/mol. The number of carbonyl (C=O) groups excluding carboxylic acids is 2. The van der Waals surface area contributed by atoms with Crippen molar-refractivity contribution in [3.63, 3.8) is 0 Å². The monoisotopic (exact) mass is 382 g/mol. The van der Waals surface area contributed by atoms with Crippen LogP contribution in [0, 0.1) is 13.8 Å². The number of nitrogens with zero attached hydrogens (tertiary/aromatic N) is 2. The summed E-state index contributed by atoms with van der Waals surface area (Å²) in [5.41, 5.74) is 8.61. The lowest BCUT2D eigenvalue weighted by Gasteiger charge is -2.17. The molecule has 0 radical (unpaired) electrons. The minimum Gasteiger partial charge on any atom is -0.331 e. The van der Waals surface area contributed by atoms with Gasteiger partial charge in [0.05, 0.1) is 11.6 Å². The number of halogens is 1. The van der Waals surface area contributed by atoms with Crippen LogP contribution in [0.4, 0.5) is 5.69 Å². The standard InChI is InChI=1S/C17H22N4O2S.ClH/c1-11-5-4-6-12(2)16(11)20-14(22)9-21(3)17(23)13-10-24-15(19-13)7-8-18;/h4-6,10H,7-9,18H2,1-3H3,(H,20,22);1H. The van der Waals surface area contributed by atoms with E-state index in [1.165, 1.54) is 16.2 Å². The van der Waals surface area contributed by atoms with Gasteiger partial charge in [-0.05, 0) is 31.5 Å². The van der Waals surface area contributed by atoms with E-state index in [9.17, 15) is 9.59 Å². The van der Waals surface area contributed by atoms with Crippen LogP contribution < -0.4 is 11.1 Å². The maximum Gasteiger partial charge on any atom is 0.273 e. The van der Waals surface area contributed by atoms with Crippen molar-refractivity contribution < 1.29 is 9.59 Å². The minimum absolute atomic E-state index is 0. The molecule has 0 atom stereocenters. The number of hydrogen-bond acceptors (Lipinski definition) is 5. The number of nitrogens with one attached hydrogen (secondary N) is 1. The fourth-order valence-corrected chi connectivity index (χ4v) is 3.11. The van der Waals surface area contributed by atoms with Gasteiger partial charge in [0.25, 0.3) is 5.91 Å². The molecule has 136 valence electrons. The van der Waals surface area contributed by atoms with Crippen molar-refractivity contribution >= 4 is 41.2 Å². The molecule has 0 spiro atoms. The van der Waals surface area contributed by atoms with E-state index in [2.05, 4.69) is 10.3 Å².